The summed E-state index contributed by atoms with van der Waals surface area (Å²) in [5.74, 6) is 2.08. The maximum absolute atomic E-state index is 14.5. The number of rotatable bonds is 6. The number of aromatic nitrogens is 4. The van der Waals surface area contributed by atoms with Gasteiger partial charge in [0.2, 0.25) is 0 Å². The summed E-state index contributed by atoms with van der Waals surface area (Å²) in [4.78, 5) is 0. The van der Waals surface area contributed by atoms with Gasteiger partial charge in [0.25, 0.3) is 0 Å². The lowest BCUT2D eigenvalue weighted by Crippen LogP contribution is -2.24. The number of nitrogens with zero attached hydrogens (tertiary/aromatic N) is 3. The predicted octanol–water partition coefficient (Wildman–Crippen LogP) is 4.26. The van der Waals surface area contributed by atoms with Crippen molar-refractivity contribution in [2.75, 3.05) is 0 Å². The molecule has 5 rings (SSSR count). The Labute approximate surface area is 168 Å². The SMILES string of the molecule is Fc1ccc(OC2CCC2)cc1-c1ccc2c(c1)CC[C@H](CCc1nn[nH]n1)O2. The fraction of sp³-hybridized carbons (Fsp3) is 0.409. The van der Waals surface area contributed by atoms with Crippen molar-refractivity contribution < 1.29 is 13.9 Å². The van der Waals surface area contributed by atoms with Gasteiger partial charge in [-0.1, -0.05) is 11.3 Å². The molecule has 7 heteroatoms. The Morgan fingerprint density at radius 1 is 1.14 bits per heavy atom. The monoisotopic (exact) mass is 394 g/mol. The van der Waals surface area contributed by atoms with Gasteiger partial charge in [-0.25, -0.2) is 4.39 Å². The van der Waals surface area contributed by atoms with E-state index >= 15 is 0 Å². The van der Waals surface area contributed by atoms with E-state index in [2.05, 4.69) is 20.6 Å². The highest BCUT2D eigenvalue weighted by Gasteiger charge is 2.22. The molecule has 0 amide bonds. The van der Waals surface area contributed by atoms with Gasteiger partial charge in [-0.3, -0.25) is 0 Å². The first-order valence-electron chi connectivity index (χ1n) is 10.2. The molecule has 0 bridgehead atoms. The summed E-state index contributed by atoms with van der Waals surface area (Å²) in [5.41, 5.74) is 2.54. The van der Waals surface area contributed by atoms with Crippen LogP contribution in [0.2, 0.25) is 0 Å². The number of tetrazole rings is 1. The Balaban J connectivity index is 1.30. The van der Waals surface area contributed by atoms with Gasteiger partial charge in [0.1, 0.15) is 17.3 Å². The molecule has 1 aliphatic carbocycles. The van der Waals surface area contributed by atoms with E-state index in [0.29, 0.717) is 11.4 Å². The number of aromatic amines is 1. The summed E-state index contributed by atoms with van der Waals surface area (Å²) < 4.78 is 26.6. The van der Waals surface area contributed by atoms with Crippen molar-refractivity contribution in [1.82, 2.24) is 20.6 Å². The molecule has 1 saturated carbocycles. The van der Waals surface area contributed by atoms with Crippen LogP contribution in [0.5, 0.6) is 11.5 Å². The van der Waals surface area contributed by atoms with Crippen LogP contribution < -0.4 is 9.47 Å². The summed E-state index contributed by atoms with van der Waals surface area (Å²) in [6, 6.07) is 10.9. The average molecular weight is 394 g/mol. The molecule has 2 heterocycles. The van der Waals surface area contributed by atoms with Crippen molar-refractivity contribution in [3.63, 3.8) is 0 Å². The predicted molar refractivity (Wildman–Crippen MR) is 105 cm³/mol. The maximum atomic E-state index is 14.5. The van der Waals surface area contributed by atoms with Crippen LogP contribution in [0.3, 0.4) is 0 Å². The highest BCUT2D eigenvalue weighted by Crippen LogP contribution is 2.35. The van der Waals surface area contributed by atoms with E-state index < -0.39 is 0 Å². The minimum Gasteiger partial charge on any atom is -0.490 e. The lowest BCUT2D eigenvalue weighted by molar-refractivity contribution is 0.120. The van der Waals surface area contributed by atoms with Gasteiger partial charge in [0, 0.05) is 12.0 Å². The largest absolute Gasteiger partial charge is 0.490 e. The lowest BCUT2D eigenvalue weighted by Gasteiger charge is -2.27. The molecule has 29 heavy (non-hydrogen) atoms. The Hall–Kier alpha value is -2.96. The number of nitrogens with one attached hydrogen (secondary N) is 1. The zero-order valence-electron chi connectivity index (χ0n) is 16.1. The molecule has 0 radical (unpaired) electrons. The fourth-order valence-corrected chi connectivity index (χ4v) is 3.87. The van der Waals surface area contributed by atoms with Gasteiger partial charge < -0.3 is 9.47 Å². The number of aryl methyl sites for hydroxylation is 2. The Morgan fingerprint density at radius 3 is 2.86 bits per heavy atom. The Kier molecular flexibility index (Phi) is 4.87. The van der Waals surface area contributed by atoms with E-state index in [9.17, 15) is 4.39 Å². The third kappa shape index (κ3) is 3.95. The molecular weight excluding hydrogens is 371 g/mol. The topological polar surface area (TPSA) is 72.9 Å². The van der Waals surface area contributed by atoms with Crippen LogP contribution in [0.25, 0.3) is 11.1 Å². The second-order valence-corrected chi connectivity index (χ2v) is 7.78. The number of ether oxygens (including phenoxy) is 2. The van der Waals surface area contributed by atoms with Crippen LogP contribution in [-0.4, -0.2) is 32.8 Å². The highest BCUT2D eigenvalue weighted by molar-refractivity contribution is 5.68. The van der Waals surface area contributed by atoms with Crippen LogP contribution in [0.15, 0.2) is 36.4 Å². The second-order valence-electron chi connectivity index (χ2n) is 7.78. The molecule has 6 nitrogen and oxygen atoms in total. The molecule has 1 aromatic heterocycles. The van der Waals surface area contributed by atoms with Crippen molar-refractivity contribution in [3.05, 3.63) is 53.6 Å². The van der Waals surface area contributed by atoms with E-state index in [1.807, 2.05) is 24.3 Å². The Morgan fingerprint density at radius 2 is 2.07 bits per heavy atom. The van der Waals surface area contributed by atoms with Crippen molar-refractivity contribution in [1.29, 1.82) is 0 Å². The molecule has 1 fully saturated rings. The van der Waals surface area contributed by atoms with E-state index in [1.54, 1.807) is 6.07 Å². The van der Waals surface area contributed by atoms with Gasteiger partial charge in [-0.15, -0.1) is 10.2 Å². The molecule has 1 aliphatic heterocycles. The number of hydrogen-bond donors (Lipinski definition) is 1. The molecule has 2 aliphatic rings. The average Bonchev–Trinajstić information content (AvgIpc) is 3.23. The molecule has 2 aromatic carbocycles. The maximum Gasteiger partial charge on any atom is 0.174 e. The normalized spacial score (nSPS) is 18.6. The quantitative estimate of drug-likeness (QED) is 0.676. The van der Waals surface area contributed by atoms with Gasteiger partial charge in [-0.2, -0.15) is 5.21 Å². The summed E-state index contributed by atoms with van der Waals surface area (Å²) in [6.45, 7) is 0. The highest BCUT2D eigenvalue weighted by atomic mass is 19.1. The summed E-state index contributed by atoms with van der Waals surface area (Å²) in [6.07, 6.45) is 7.16. The van der Waals surface area contributed by atoms with Crippen LogP contribution in [0, 0.1) is 5.82 Å². The van der Waals surface area contributed by atoms with Crippen LogP contribution in [-0.2, 0) is 12.8 Å². The minimum atomic E-state index is -0.236. The smallest absolute Gasteiger partial charge is 0.174 e. The zero-order chi connectivity index (χ0) is 19.6. The number of fused-ring (bicyclic) bond motifs is 1. The van der Waals surface area contributed by atoms with Gasteiger partial charge in [0.15, 0.2) is 5.82 Å². The minimum absolute atomic E-state index is 0.128. The molecule has 150 valence electrons. The van der Waals surface area contributed by atoms with Crippen LogP contribution in [0.4, 0.5) is 4.39 Å². The molecule has 1 atom stereocenters. The van der Waals surface area contributed by atoms with Gasteiger partial charge in [-0.05, 0) is 80.0 Å². The second kappa shape index (κ2) is 7.81. The van der Waals surface area contributed by atoms with Crippen molar-refractivity contribution in [2.45, 2.75) is 57.2 Å². The first-order valence-corrected chi connectivity index (χ1v) is 10.2. The molecule has 0 spiro atoms. The number of benzene rings is 2. The van der Waals surface area contributed by atoms with Crippen LogP contribution in [0.1, 0.15) is 43.5 Å². The van der Waals surface area contributed by atoms with Gasteiger partial charge >= 0.3 is 0 Å². The molecule has 1 N–H and O–H groups in total. The summed E-state index contributed by atoms with van der Waals surface area (Å²) >= 11 is 0. The zero-order valence-corrected chi connectivity index (χ0v) is 16.1. The van der Waals surface area contributed by atoms with Crippen molar-refractivity contribution in [3.8, 4) is 22.6 Å². The number of H-pyrrole nitrogens is 1. The first-order chi connectivity index (χ1) is 14.2. The standard InChI is InChI=1S/C22H23FN4O2/c23-20-9-7-18(28-16-2-1-3-16)13-19(20)14-5-10-21-15(12-14)4-6-17(29-21)8-11-22-24-26-27-25-22/h5,7,9-10,12-13,16-17H,1-4,6,8,11H2,(H,24,25,26,27)/t17-/m1/s1. The van der Waals surface area contributed by atoms with E-state index in [4.69, 9.17) is 9.47 Å². The van der Waals surface area contributed by atoms with Crippen LogP contribution >= 0.6 is 0 Å². The molecular formula is C22H23FN4O2. The Bertz CT molecular complexity index is 988. The van der Waals surface area contributed by atoms with Gasteiger partial charge in [0.05, 0.1) is 12.2 Å². The van der Waals surface area contributed by atoms with E-state index in [0.717, 1.165) is 61.2 Å². The third-order valence-corrected chi connectivity index (χ3v) is 5.77. The van der Waals surface area contributed by atoms with E-state index in [-0.39, 0.29) is 18.0 Å². The lowest BCUT2D eigenvalue weighted by atomic mass is 9.95. The molecule has 3 aromatic rings. The van der Waals surface area contributed by atoms with E-state index in [1.165, 1.54) is 12.5 Å². The fourth-order valence-electron chi connectivity index (χ4n) is 3.87. The first kappa shape index (κ1) is 18.1. The number of hydrogen-bond acceptors (Lipinski definition) is 5. The third-order valence-electron chi connectivity index (χ3n) is 5.77. The summed E-state index contributed by atoms with van der Waals surface area (Å²) in [5, 5.41) is 14.0. The summed E-state index contributed by atoms with van der Waals surface area (Å²) in [7, 11) is 0. The number of halogens is 1. The van der Waals surface area contributed by atoms with Crippen molar-refractivity contribution >= 4 is 0 Å². The molecule has 0 unspecified atom stereocenters. The molecule has 0 saturated heterocycles. The van der Waals surface area contributed by atoms with Crippen molar-refractivity contribution in [2.24, 2.45) is 0 Å².